The lowest BCUT2D eigenvalue weighted by Crippen LogP contribution is -2.54. The van der Waals surface area contributed by atoms with E-state index in [0.717, 1.165) is 25.7 Å². The number of rotatable bonds is 4. The number of nitrogens with one attached hydrogen (secondary N) is 1. The molecule has 2 aliphatic rings. The highest BCUT2D eigenvalue weighted by Crippen LogP contribution is 2.28. The third-order valence-electron chi connectivity index (χ3n) is 6.07. The van der Waals surface area contributed by atoms with Gasteiger partial charge in [-0.1, -0.05) is 29.3 Å². The van der Waals surface area contributed by atoms with Crippen molar-refractivity contribution in [1.82, 2.24) is 9.80 Å². The zero-order valence-corrected chi connectivity index (χ0v) is 19.9. The number of hydrogen-bond acceptors (Lipinski definition) is 4. The molecule has 1 aromatic carbocycles. The Morgan fingerprint density at radius 3 is 2.59 bits per heavy atom. The highest BCUT2D eigenvalue weighted by molar-refractivity contribution is 7.12. The molecule has 3 amide bonds. The van der Waals surface area contributed by atoms with Crippen LogP contribution in [0.5, 0.6) is 0 Å². The minimum atomic E-state index is -0.533. The first-order valence-corrected chi connectivity index (χ1v) is 12.5. The smallest absolute Gasteiger partial charge is 0.263 e. The average Bonchev–Trinajstić information content (AvgIpc) is 3.35. The van der Waals surface area contributed by atoms with E-state index in [4.69, 9.17) is 23.2 Å². The number of amides is 3. The maximum atomic E-state index is 13.4. The Morgan fingerprint density at radius 2 is 1.84 bits per heavy atom. The number of likely N-dealkylation sites (tertiary alicyclic amines) is 2. The Balaban J connectivity index is 1.44. The second-order valence-corrected chi connectivity index (χ2v) is 9.99. The zero-order chi connectivity index (χ0) is 22.7. The number of benzene rings is 1. The Bertz CT molecular complexity index is 998. The van der Waals surface area contributed by atoms with Gasteiger partial charge in [0.15, 0.2) is 0 Å². The maximum absolute atomic E-state index is 13.4. The summed E-state index contributed by atoms with van der Waals surface area (Å²) < 4.78 is 0. The van der Waals surface area contributed by atoms with Crippen molar-refractivity contribution in [3.63, 3.8) is 0 Å². The molecule has 3 heterocycles. The predicted octanol–water partition coefficient (Wildman–Crippen LogP) is 4.93. The molecule has 2 fully saturated rings. The van der Waals surface area contributed by atoms with Crippen molar-refractivity contribution in [3.8, 4) is 0 Å². The summed E-state index contributed by atoms with van der Waals surface area (Å²) in [6.07, 6.45) is 3.87. The number of carbonyl (C=O) groups is 3. The molecule has 0 bridgehead atoms. The molecule has 2 unspecified atom stereocenters. The fourth-order valence-electron chi connectivity index (χ4n) is 4.42. The standard InChI is InChI=1S/C23H25Cl2N3O3S/c24-17-9-8-16(13-18(17)25)26-21(29)19-6-1-2-11-28(19)22(30)15-5-3-10-27(14-15)23(31)20-7-4-12-32-20/h4,7-9,12-13,15,19H,1-3,5-6,10-11,14H2,(H,26,29). The van der Waals surface area contributed by atoms with Crippen LogP contribution in [-0.2, 0) is 9.59 Å². The normalized spacial score (nSPS) is 21.3. The molecule has 1 N–H and O–H groups in total. The minimum Gasteiger partial charge on any atom is -0.337 e. The highest BCUT2D eigenvalue weighted by Gasteiger charge is 2.38. The number of hydrogen-bond donors (Lipinski definition) is 1. The number of anilines is 1. The second kappa shape index (κ2) is 10.2. The van der Waals surface area contributed by atoms with Gasteiger partial charge in [0.1, 0.15) is 6.04 Å². The molecule has 170 valence electrons. The molecule has 0 aliphatic carbocycles. The molecule has 0 spiro atoms. The number of piperidine rings is 2. The molecular weight excluding hydrogens is 469 g/mol. The third kappa shape index (κ3) is 5.11. The lowest BCUT2D eigenvalue weighted by atomic mass is 9.93. The van der Waals surface area contributed by atoms with Gasteiger partial charge in [0.2, 0.25) is 11.8 Å². The summed E-state index contributed by atoms with van der Waals surface area (Å²) >= 11 is 13.4. The lowest BCUT2D eigenvalue weighted by molar-refractivity contribution is -0.145. The van der Waals surface area contributed by atoms with E-state index in [1.165, 1.54) is 11.3 Å². The third-order valence-corrected chi connectivity index (χ3v) is 7.66. The molecule has 1 aromatic heterocycles. The molecule has 0 saturated carbocycles. The molecular formula is C23H25Cl2N3O3S. The van der Waals surface area contributed by atoms with E-state index in [9.17, 15) is 14.4 Å². The van der Waals surface area contributed by atoms with Crippen LogP contribution in [0.3, 0.4) is 0 Å². The Labute approximate surface area is 201 Å². The molecule has 32 heavy (non-hydrogen) atoms. The number of nitrogens with zero attached hydrogens (tertiary/aromatic N) is 2. The molecule has 4 rings (SSSR count). The summed E-state index contributed by atoms with van der Waals surface area (Å²) in [5, 5.41) is 5.53. The topological polar surface area (TPSA) is 69.7 Å². The van der Waals surface area contributed by atoms with Gasteiger partial charge in [-0.3, -0.25) is 14.4 Å². The van der Waals surface area contributed by atoms with Gasteiger partial charge in [0, 0.05) is 25.3 Å². The maximum Gasteiger partial charge on any atom is 0.263 e. The van der Waals surface area contributed by atoms with Gasteiger partial charge < -0.3 is 15.1 Å². The Kier molecular flexibility index (Phi) is 7.38. The quantitative estimate of drug-likeness (QED) is 0.656. The number of halogens is 2. The molecule has 2 saturated heterocycles. The van der Waals surface area contributed by atoms with Gasteiger partial charge in [-0.25, -0.2) is 0 Å². The molecule has 2 aromatic rings. The number of carbonyl (C=O) groups excluding carboxylic acids is 3. The lowest BCUT2D eigenvalue weighted by Gasteiger charge is -2.39. The Hall–Kier alpha value is -2.09. The summed E-state index contributed by atoms with van der Waals surface area (Å²) in [5.74, 6) is -0.572. The summed E-state index contributed by atoms with van der Waals surface area (Å²) in [4.78, 5) is 43.4. The van der Waals surface area contributed by atoms with Gasteiger partial charge in [0.25, 0.3) is 5.91 Å². The van der Waals surface area contributed by atoms with Crippen molar-refractivity contribution in [2.24, 2.45) is 5.92 Å². The van der Waals surface area contributed by atoms with Crippen molar-refractivity contribution in [2.75, 3.05) is 25.0 Å². The predicted molar refractivity (Wildman–Crippen MR) is 127 cm³/mol. The van der Waals surface area contributed by atoms with E-state index in [-0.39, 0.29) is 23.6 Å². The van der Waals surface area contributed by atoms with E-state index in [2.05, 4.69) is 5.32 Å². The van der Waals surface area contributed by atoms with Crippen molar-refractivity contribution in [1.29, 1.82) is 0 Å². The first kappa shape index (κ1) is 23.1. The molecule has 6 nitrogen and oxygen atoms in total. The van der Waals surface area contributed by atoms with Gasteiger partial charge in [0.05, 0.1) is 20.8 Å². The second-order valence-electron chi connectivity index (χ2n) is 8.23. The SMILES string of the molecule is O=C(Nc1ccc(Cl)c(Cl)c1)C1CCCCN1C(=O)C1CCCN(C(=O)c2cccs2)C1. The molecule has 9 heteroatoms. The Morgan fingerprint density at radius 1 is 1.00 bits per heavy atom. The monoisotopic (exact) mass is 493 g/mol. The molecule has 0 radical (unpaired) electrons. The van der Waals surface area contributed by atoms with E-state index in [0.29, 0.717) is 46.7 Å². The van der Waals surface area contributed by atoms with Crippen LogP contribution in [-0.4, -0.2) is 53.2 Å². The summed E-state index contributed by atoms with van der Waals surface area (Å²) in [7, 11) is 0. The zero-order valence-electron chi connectivity index (χ0n) is 17.6. The summed E-state index contributed by atoms with van der Waals surface area (Å²) in [5.41, 5.74) is 0.549. The van der Waals surface area contributed by atoms with Gasteiger partial charge >= 0.3 is 0 Å². The van der Waals surface area contributed by atoms with Crippen molar-refractivity contribution in [3.05, 3.63) is 50.6 Å². The minimum absolute atomic E-state index is 0.0231. The van der Waals surface area contributed by atoms with Crippen molar-refractivity contribution in [2.45, 2.75) is 38.1 Å². The molecule has 2 aliphatic heterocycles. The van der Waals surface area contributed by atoms with Crippen LogP contribution in [0.1, 0.15) is 41.8 Å². The van der Waals surface area contributed by atoms with E-state index < -0.39 is 6.04 Å². The van der Waals surface area contributed by atoms with Gasteiger partial charge in [-0.05, 0) is 61.7 Å². The number of thiophene rings is 1. The van der Waals surface area contributed by atoms with E-state index in [1.54, 1.807) is 28.0 Å². The summed E-state index contributed by atoms with van der Waals surface area (Å²) in [6.45, 7) is 1.60. The highest BCUT2D eigenvalue weighted by atomic mass is 35.5. The van der Waals surface area contributed by atoms with Crippen LogP contribution >= 0.6 is 34.5 Å². The average molecular weight is 494 g/mol. The molecule has 2 atom stereocenters. The fraction of sp³-hybridized carbons (Fsp3) is 0.435. The first-order chi connectivity index (χ1) is 15.4. The van der Waals surface area contributed by atoms with Crippen LogP contribution in [0.4, 0.5) is 5.69 Å². The summed E-state index contributed by atoms with van der Waals surface area (Å²) in [6, 6.07) is 8.06. The van der Waals surface area contributed by atoms with Crippen molar-refractivity contribution < 1.29 is 14.4 Å². The first-order valence-electron chi connectivity index (χ1n) is 10.8. The van der Waals surface area contributed by atoms with Crippen LogP contribution < -0.4 is 5.32 Å². The van der Waals surface area contributed by atoms with Crippen LogP contribution in [0.15, 0.2) is 35.7 Å². The van der Waals surface area contributed by atoms with Crippen LogP contribution in [0, 0.1) is 5.92 Å². The largest absolute Gasteiger partial charge is 0.337 e. The van der Waals surface area contributed by atoms with Crippen LogP contribution in [0.25, 0.3) is 0 Å². The van der Waals surface area contributed by atoms with E-state index in [1.807, 2.05) is 17.5 Å². The van der Waals surface area contributed by atoms with Crippen LogP contribution in [0.2, 0.25) is 10.0 Å². The van der Waals surface area contributed by atoms with Gasteiger partial charge in [-0.2, -0.15) is 0 Å². The van der Waals surface area contributed by atoms with Gasteiger partial charge in [-0.15, -0.1) is 11.3 Å². The fourth-order valence-corrected chi connectivity index (χ4v) is 5.41. The van der Waals surface area contributed by atoms with E-state index >= 15 is 0 Å². The van der Waals surface area contributed by atoms with Crippen molar-refractivity contribution >= 4 is 57.9 Å².